The van der Waals surface area contributed by atoms with E-state index in [1.54, 1.807) is 0 Å². The molecule has 2 N–H and O–H groups in total. The minimum atomic E-state index is 0. The van der Waals surface area contributed by atoms with Gasteiger partial charge >= 0.3 is 0 Å². The number of halogens is 1. The average Bonchev–Trinajstić information content (AvgIpc) is 2.69. The van der Waals surface area contributed by atoms with Gasteiger partial charge in [0.15, 0.2) is 0 Å². The van der Waals surface area contributed by atoms with Crippen LogP contribution in [0.4, 0.5) is 0 Å². The molecule has 0 aromatic carbocycles. The van der Waals surface area contributed by atoms with Gasteiger partial charge in [-0.05, 0) is 26.3 Å². The Kier molecular flexibility index (Phi) is 4.83. The van der Waals surface area contributed by atoms with Crippen molar-refractivity contribution < 1.29 is 4.79 Å². The number of carbonyl (C=O) groups is 1. The van der Waals surface area contributed by atoms with Crippen LogP contribution >= 0.6 is 12.4 Å². The van der Waals surface area contributed by atoms with Crippen LogP contribution in [-0.4, -0.2) is 49.1 Å². The third-order valence-corrected chi connectivity index (χ3v) is 3.04. The van der Waals surface area contributed by atoms with Crippen LogP contribution in [-0.2, 0) is 4.79 Å². The molecule has 0 aromatic heterocycles. The van der Waals surface area contributed by atoms with Crippen LogP contribution in [0.3, 0.4) is 0 Å². The number of piperazine rings is 1. The molecule has 2 aliphatic heterocycles. The first-order valence-corrected chi connectivity index (χ1v) is 5.53. The van der Waals surface area contributed by atoms with Crippen LogP contribution in [0, 0.1) is 0 Å². The third kappa shape index (κ3) is 3.06. The lowest BCUT2D eigenvalue weighted by Gasteiger charge is -2.33. The molecule has 0 saturated carbocycles. The molecule has 0 radical (unpaired) electrons. The number of rotatable bonds is 1. The van der Waals surface area contributed by atoms with Crippen LogP contribution in [0.25, 0.3) is 0 Å². The summed E-state index contributed by atoms with van der Waals surface area (Å²) < 4.78 is 0. The number of carbonyl (C=O) groups excluding carboxylic acids is 1. The van der Waals surface area contributed by atoms with Gasteiger partial charge in [0.2, 0.25) is 5.91 Å². The fraction of sp³-hybridized carbons (Fsp3) is 0.900. The van der Waals surface area contributed by atoms with Crippen molar-refractivity contribution in [1.82, 2.24) is 15.5 Å². The van der Waals surface area contributed by atoms with Crippen molar-refractivity contribution in [2.24, 2.45) is 0 Å². The van der Waals surface area contributed by atoms with Gasteiger partial charge in [-0.3, -0.25) is 4.79 Å². The van der Waals surface area contributed by atoms with E-state index >= 15 is 0 Å². The van der Waals surface area contributed by atoms with E-state index < -0.39 is 0 Å². The molecule has 1 amide bonds. The van der Waals surface area contributed by atoms with Crippen LogP contribution in [0.15, 0.2) is 0 Å². The molecule has 2 atom stereocenters. The van der Waals surface area contributed by atoms with Crippen LogP contribution in [0.1, 0.15) is 19.8 Å². The number of hydrogen-bond donors (Lipinski definition) is 2. The number of amides is 1. The van der Waals surface area contributed by atoms with E-state index in [1.165, 1.54) is 0 Å². The van der Waals surface area contributed by atoms with E-state index in [9.17, 15) is 4.79 Å². The molecule has 2 heterocycles. The van der Waals surface area contributed by atoms with Gasteiger partial charge in [-0.2, -0.15) is 0 Å². The number of nitrogens with zero attached hydrogens (tertiary/aromatic N) is 1. The highest BCUT2D eigenvalue weighted by molar-refractivity contribution is 5.85. The lowest BCUT2D eigenvalue weighted by molar-refractivity contribution is -0.134. The van der Waals surface area contributed by atoms with Crippen LogP contribution in [0.5, 0.6) is 0 Å². The zero-order chi connectivity index (χ0) is 9.97. The maximum absolute atomic E-state index is 12.0. The number of hydrogen-bond acceptors (Lipinski definition) is 3. The molecule has 0 bridgehead atoms. The highest BCUT2D eigenvalue weighted by Crippen LogP contribution is 2.10. The predicted molar refractivity (Wildman–Crippen MR) is 62.3 cm³/mol. The maximum Gasteiger partial charge on any atom is 0.239 e. The molecule has 15 heavy (non-hydrogen) atoms. The Hall–Kier alpha value is -0.320. The van der Waals surface area contributed by atoms with Crippen molar-refractivity contribution in [3.63, 3.8) is 0 Å². The van der Waals surface area contributed by atoms with Crippen molar-refractivity contribution in [2.75, 3.05) is 26.2 Å². The minimum absolute atomic E-state index is 0. The summed E-state index contributed by atoms with van der Waals surface area (Å²) >= 11 is 0. The fourth-order valence-corrected chi connectivity index (χ4v) is 2.25. The van der Waals surface area contributed by atoms with Gasteiger partial charge in [-0.1, -0.05) is 0 Å². The molecular weight excluding hydrogens is 214 g/mol. The Morgan fingerprint density at radius 3 is 2.73 bits per heavy atom. The van der Waals surface area contributed by atoms with Crippen molar-refractivity contribution in [3.05, 3.63) is 0 Å². The summed E-state index contributed by atoms with van der Waals surface area (Å²) in [4.78, 5) is 14.0. The van der Waals surface area contributed by atoms with Gasteiger partial charge in [0, 0.05) is 25.7 Å². The molecule has 0 spiro atoms. The Morgan fingerprint density at radius 2 is 2.13 bits per heavy atom. The van der Waals surface area contributed by atoms with E-state index in [1.807, 2.05) is 4.90 Å². The van der Waals surface area contributed by atoms with E-state index in [0.717, 1.165) is 39.0 Å². The van der Waals surface area contributed by atoms with Crippen molar-refractivity contribution in [2.45, 2.75) is 31.8 Å². The molecule has 88 valence electrons. The van der Waals surface area contributed by atoms with Gasteiger partial charge in [0.05, 0.1) is 6.04 Å². The topological polar surface area (TPSA) is 44.4 Å². The van der Waals surface area contributed by atoms with Gasteiger partial charge in [-0.15, -0.1) is 12.4 Å². The molecule has 5 heteroatoms. The number of nitrogens with one attached hydrogen (secondary N) is 2. The first kappa shape index (κ1) is 12.7. The predicted octanol–water partition coefficient (Wildman–Crippen LogP) is -0.0195. The molecular formula is C10H20ClN3O. The molecule has 2 rings (SSSR count). The fourth-order valence-electron chi connectivity index (χ4n) is 2.25. The van der Waals surface area contributed by atoms with Crippen molar-refractivity contribution in [1.29, 1.82) is 0 Å². The molecule has 1 unspecified atom stereocenters. The van der Waals surface area contributed by atoms with Crippen LogP contribution in [0.2, 0.25) is 0 Å². The first-order valence-electron chi connectivity index (χ1n) is 5.53. The second-order valence-electron chi connectivity index (χ2n) is 4.29. The first-order chi connectivity index (χ1) is 6.77. The Morgan fingerprint density at radius 1 is 1.33 bits per heavy atom. The largest absolute Gasteiger partial charge is 0.339 e. The van der Waals surface area contributed by atoms with Gasteiger partial charge in [-0.25, -0.2) is 0 Å². The van der Waals surface area contributed by atoms with Crippen molar-refractivity contribution in [3.8, 4) is 0 Å². The second kappa shape index (κ2) is 5.68. The third-order valence-electron chi connectivity index (χ3n) is 3.04. The summed E-state index contributed by atoms with van der Waals surface area (Å²) in [5.74, 6) is 0.302. The summed E-state index contributed by atoms with van der Waals surface area (Å²) in [6, 6.07) is 0.536. The van der Waals surface area contributed by atoms with Gasteiger partial charge in [0.1, 0.15) is 0 Å². The summed E-state index contributed by atoms with van der Waals surface area (Å²) in [7, 11) is 0. The average molecular weight is 234 g/mol. The zero-order valence-corrected chi connectivity index (χ0v) is 9.98. The van der Waals surface area contributed by atoms with Gasteiger partial charge < -0.3 is 15.5 Å². The highest BCUT2D eigenvalue weighted by Gasteiger charge is 2.28. The summed E-state index contributed by atoms with van der Waals surface area (Å²) in [5, 5.41) is 6.60. The summed E-state index contributed by atoms with van der Waals surface area (Å²) in [6.45, 7) is 5.78. The molecule has 2 aliphatic rings. The molecule has 2 saturated heterocycles. The lowest BCUT2D eigenvalue weighted by Crippen LogP contribution is -2.55. The summed E-state index contributed by atoms with van der Waals surface area (Å²) in [6.07, 6.45) is 2.15. The summed E-state index contributed by atoms with van der Waals surface area (Å²) in [5.41, 5.74) is 0. The second-order valence-corrected chi connectivity index (χ2v) is 4.29. The van der Waals surface area contributed by atoms with Crippen molar-refractivity contribution >= 4 is 18.3 Å². The maximum atomic E-state index is 12.0. The normalized spacial score (nSPS) is 31.1. The Labute approximate surface area is 97.2 Å². The Balaban J connectivity index is 0.00000112. The standard InChI is InChI=1S/C10H19N3O.ClH/c1-8-7-13(6-5-11-8)10(14)9-3-2-4-12-9;/h8-9,11-12H,2-7H2,1H3;1H/t8?,9-;/m1./s1. The lowest BCUT2D eigenvalue weighted by atomic mass is 10.1. The molecule has 0 aliphatic carbocycles. The van der Waals surface area contributed by atoms with E-state index in [0.29, 0.717) is 11.9 Å². The molecule has 0 aromatic rings. The quantitative estimate of drug-likeness (QED) is 0.669. The smallest absolute Gasteiger partial charge is 0.239 e. The van der Waals surface area contributed by atoms with Crippen LogP contribution < -0.4 is 10.6 Å². The zero-order valence-electron chi connectivity index (χ0n) is 9.16. The van der Waals surface area contributed by atoms with Gasteiger partial charge in [0.25, 0.3) is 0 Å². The minimum Gasteiger partial charge on any atom is -0.339 e. The SMILES string of the molecule is CC1CN(C(=O)[C@H]2CCCN2)CCN1.Cl. The molecule has 2 fully saturated rings. The highest BCUT2D eigenvalue weighted by atomic mass is 35.5. The molecule has 4 nitrogen and oxygen atoms in total. The monoisotopic (exact) mass is 233 g/mol. The van der Waals surface area contributed by atoms with E-state index in [4.69, 9.17) is 0 Å². The van der Waals surface area contributed by atoms with E-state index in [-0.39, 0.29) is 18.4 Å². The Bertz CT molecular complexity index is 219. The van der Waals surface area contributed by atoms with E-state index in [2.05, 4.69) is 17.6 Å².